The number of benzene rings is 1. The minimum Gasteiger partial charge on any atom is -0.469 e. The van der Waals surface area contributed by atoms with Gasteiger partial charge >= 0.3 is 0 Å². The molecule has 1 aromatic carbocycles. The van der Waals surface area contributed by atoms with Crippen molar-refractivity contribution in [2.45, 2.75) is 32.7 Å². The first-order chi connectivity index (χ1) is 16.2. The van der Waals surface area contributed by atoms with Crippen LogP contribution in [-0.2, 0) is 23.7 Å². The van der Waals surface area contributed by atoms with Crippen LogP contribution in [0.5, 0.6) is 0 Å². The third-order valence-electron chi connectivity index (χ3n) is 5.26. The van der Waals surface area contributed by atoms with E-state index < -0.39 is 11.8 Å². The molecule has 0 aliphatic heterocycles. The number of furan rings is 1. The molecule has 0 aliphatic carbocycles. The number of aryl methyl sites for hydroxylation is 2. The summed E-state index contributed by atoms with van der Waals surface area (Å²) in [7, 11) is 0. The first-order valence-electron chi connectivity index (χ1n) is 10.5. The Morgan fingerprint density at radius 1 is 1.26 bits per heavy atom. The van der Waals surface area contributed by atoms with E-state index in [1.165, 1.54) is 24.3 Å². The topological polar surface area (TPSA) is 85.0 Å². The lowest BCUT2D eigenvalue weighted by Gasteiger charge is -2.13. The van der Waals surface area contributed by atoms with Crippen LogP contribution >= 0.6 is 0 Å². The normalized spacial score (nSPS) is 11.4. The van der Waals surface area contributed by atoms with Crippen LogP contribution < -0.4 is 10.00 Å². The molecular weight excluding hydrogens is 442 g/mol. The minimum absolute atomic E-state index is 0.0989. The van der Waals surface area contributed by atoms with Crippen molar-refractivity contribution in [3.05, 3.63) is 95.9 Å². The molecule has 0 fully saturated rings. The second-order valence-electron chi connectivity index (χ2n) is 7.90. The lowest BCUT2D eigenvalue weighted by atomic mass is 10.1. The summed E-state index contributed by atoms with van der Waals surface area (Å²) in [5.41, 5.74) is 3.73. The summed E-state index contributed by atoms with van der Waals surface area (Å²) in [6.07, 6.45) is 5.53. The van der Waals surface area contributed by atoms with Crippen molar-refractivity contribution in [3.8, 4) is 11.3 Å². The monoisotopic (exact) mass is 465 g/mol. The molecule has 0 spiro atoms. The Labute approximate surface area is 194 Å². The van der Waals surface area contributed by atoms with Crippen LogP contribution in [0.15, 0.2) is 76.7 Å². The lowest BCUT2D eigenvalue weighted by Crippen LogP contribution is -2.35. The molecule has 0 saturated carbocycles. The summed E-state index contributed by atoms with van der Waals surface area (Å²) >= 11 is 0. The second kappa shape index (κ2) is 9.38. The number of alkyl halides is 2. The number of nitrogens with one attached hydrogen (secondary N) is 1. The van der Waals surface area contributed by atoms with Gasteiger partial charge in [-0.05, 0) is 54.4 Å². The Kier molecular flexibility index (Phi) is 6.36. The molecule has 4 rings (SSSR count). The largest absolute Gasteiger partial charge is 0.469 e. The second-order valence-corrected chi connectivity index (χ2v) is 7.90. The van der Waals surface area contributed by atoms with E-state index in [4.69, 9.17) is 8.94 Å². The molecule has 3 aromatic heterocycles. The molecule has 0 saturated heterocycles. The number of aromatic nitrogens is 3. The van der Waals surface area contributed by atoms with Crippen LogP contribution in [-0.4, -0.2) is 16.2 Å². The van der Waals surface area contributed by atoms with Crippen molar-refractivity contribution in [1.82, 2.24) is 10.3 Å². The molecule has 3 heterocycles. The summed E-state index contributed by atoms with van der Waals surface area (Å²) in [5.74, 6) is -2.45. The average molecular weight is 465 g/mol. The Morgan fingerprint density at radius 2 is 2.09 bits per heavy atom. The number of hydrogen-bond acceptors (Lipinski definition) is 5. The molecule has 4 aromatic rings. The smallest absolute Gasteiger partial charge is 0.291 e. The molecule has 9 heteroatoms. The van der Waals surface area contributed by atoms with Gasteiger partial charge in [-0.3, -0.25) is 9.78 Å². The fourth-order valence-electron chi connectivity index (χ4n) is 3.56. The molecule has 0 atom stereocenters. The first-order valence-corrected chi connectivity index (χ1v) is 10.5. The number of pyridine rings is 1. The molecule has 7 nitrogen and oxygen atoms in total. The van der Waals surface area contributed by atoms with E-state index in [1.807, 2.05) is 26.0 Å². The number of carbonyl (C=O) groups is 1. The van der Waals surface area contributed by atoms with Crippen molar-refractivity contribution in [3.63, 3.8) is 0 Å². The number of rotatable bonds is 8. The van der Waals surface area contributed by atoms with Gasteiger partial charge in [0, 0.05) is 28.6 Å². The van der Waals surface area contributed by atoms with E-state index in [0.717, 1.165) is 28.1 Å². The molecular formula is C25H23F2N4O3+. The molecule has 0 aliphatic rings. The van der Waals surface area contributed by atoms with Crippen LogP contribution in [0.25, 0.3) is 11.3 Å². The number of carbonyl (C=O) groups excluding carboxylic acids is 1. The summed E-state index contributed by atoms with van der Waals surface area (Å²) in [6.45, 7) is 7.41. The van der Waals surface area contributed by atoms with Gasteiger partial charge in [-0.15, -0.1) is 0 Å². The van der Waals surface area contributed by atoms with E-state index >= 15 is 0 Å². The Morgan fingerprint density at radius 3 is 2.76 bits per heavy atom. The van der Waals surface area contributed by atoms with Crippen LogP contribution in [0.3, 0.4) is 0 Å². The lowest BCUT2D eigenvalue weighted by molar-refractivity contribution is -0.754. The average Bonchev–Trinajstić information content (AvgIpc) is 3.39. The minimum atomic E-state index is -3.18. The SMILES string of the molecule is C=CC(F)(F)c1cccc(NC(=O)Cc2c[n+](Cc3ccc(-c4c(C)coc4C)nc3)no2)c1. The van der Waals surface area contributed by atoms with Gasteiger partial charge in [-0.25, -0.2) is 0 Å². The number of nitrogens with zero attached hydrogens (tertiary/aromatic N) is 3. The highest BCUT2D eigenvalue weighted by molar-refractivity contribution is 5.91. The zero-order valence-electron chi connectivity index (χ0n) is 18.7. The number of hydrogen-bond donors (Lipinski definition) is 1. The van der Waals surface area contributed by atoms with Gasteiger partial charge in [0.1, 0.15) is 5.76 Å². The van der Waals surface area contributed by atoms with E-state index in [-0.39, 0.29) is 17.7 Å². The summed E-state index contributed by atoms with van der Waals surface area (Å²) < 4.78 is 39.8. The van der Waals surface area contributed by atoms with E-state index in [0.29, 0.717) is 18.4 Å². The van der Waals surface area contributed by atoms with E-state index in [9.17, 15) is 13.6 Å². The van der Waals surface area contributed by atoms with Gasteiger partial charge in [0.2, 0.25) is 24.4 Å². The van der Waals surface area contributed by atoms with Crippen molar-refractivity contribution in [1.29, 1.82) is 0 Å². The number of amides is 1. The number of halogens is 2. The molecule has 0 bridgehead atoms. The zero-order chi connectivity index (χ0) is 24.3. The fourth-order valence-corrected chi connectivity index (χ4v) is 3.56. The van der Waals surface area contributed by atoms with Crippen molar-refractivity contribution in [2.24, 2.45) is 0 Å². The van der Waals surface area contributed by atoms with Gasteiger partial charge < -0.3 is 14.3 Å². The van der Waals surface area contributed by atoms with Crippen LogP contribution in [0, 0.1) is 13.8 Å². The van der Waals surface area contributed by atoms with Gasteiger partial charge in [0.15, 0.2) is 5.27 Å². The highest BCUT2D eigenvalue weighted by Gasteiger charge is 2.27. The van der Waals surface area contributed by atoms with Gasteiger partial charge in [-0.2, -0.15) is 8.78 Å². The van der Waals surface area contributed by atoms with E-state index in [2.05, 4.69) is 22.2 Å². The highest BCUT2D eigenvalue weighted by atomic mass is 19.3. The first kappa shape index (κ1) is 23.0. The molecule has 174 valence electrons. The summed E-state index contributed by atoms with van der Waals surface area (Å²) in [4.78, 5) is 16.9. The summed E-state index contributed by atoms with van der Waals surface area (Å²) in [5, 5.41) is 6.53. The third kappa shape index (κ3) is 5.09. The molecule has 1 N–H and O–H groups in total. The van der Waals surface area contributed by atoms with Crippen molar-refractivity contribution < 1.29 is 27.2 Å². The highest BCUT2D eigenvalue weighted by Crippen LogP contribution is 2.30. The van der Waals surface area contributed by atoms with Crippen LogP contribution in [0.4, 0.5) is 14.5 Å². The Hall–Kier alpha value is -4.14. The predicted molar refractivity (Wildman–Crippen MR) is 120 cm³/mol. The predicted octanol–water partition coefficient (Wildman–Crippen LogP) is 4.74. The van der Waals surface area contributed by atoms with Gasteiger partial charge in [0.05, 0.1) is 18.4 Å². The van der Waals surface area contributed by atoms with Crippen molar-refractivity contribution in [2.75, 3.05) is 5.32 Å². The van der Waals surface area contributed by atoms with Crippen molar-refractivity contribution >= 4 is 11.6 Å². The molecule has 0 radical (unpaired) electrons. The van der Waals surface area contributed by atoms with E-state index in [1.54, 1.807) is 23.3 Å². The fraction of sp³-hybridized carbons (Fsp3) is 0.200. The van der Waals surface area contributed by atoms with Crippen LogP contribution in [0.2, 0.25) is 0 Å². The maximum Gasteiger partial charge on any atom is 0.291 e. The van der Waals surface area contributed by atoms with Crippen LogP contribution in [0.1, 0.15) is 28.2 Å². The Bertz CT molecular complexity index is 1310. The number of anilines is 1. The maximum absolute atomic E-state index is 13.8. The number of allylic oxidation sites excluding steroid dienone is 1. The molecule has 34 heavy (non-hydrogen) atoms. The molecule has 1 amide bonds. The quantitative estimate of drug-likeness (QED) is 0.300. The Balaban J connectivity index is 1.37. The maximum atomic E-state index is 13.8. The summed E-state index contributed by atoms with van der Waals surface area (Å²) in [6, 6.07) is 9.32. The molecule has 0 unspecified atom stereocenters. The standard InChI is InChI=1S/C25H22F2N4O3/c1-4-25(26,27)19-6-5-7-20(10-19)29-23(32)11-21-14-31(30-34-21)13-18-8-9-22(28-12-18)24-16(2)15-33-17(24)3/h4-10,12,14-15H,1,11,13H2,2-3H3/p+1. The zero-order valence-corrected chi connectivity index (χ0v) is 18.7. The third-order valence-corrected chi connectivity index (χ3v) is 5.26. The van der Waals surface area contributed by atoms with Gasteiger partial charge in [-0.1, -0.05) is 18.7 Å². The van der Waals surface area contributed by atoms with Gasteiger partial charge in [0.25, 0.3) is 5.92 Å².